The molecular weight excluding hydrogens is 266 g/mol. The maximum absolute atomic E-state index is 5.64. The highest BCUT2D eigenvalue weighted by molar-refractivity contribution is 9.10. The molecule has 2 rings (SSSR count). The monoisotopic (exact) mass is 279 g/mol. The molecule has 0 saturated heterocycles. The molecule has 1 aromatic heterocycles. The average molecular weight is 280 g/mol. The van der Waals surface area contributed by atoms with Gasteiger partial charge in [-0.25, -0.2) is 4.98 Å². The topological polar surface area (TPSA) is 43.8 Å². The SMILES string of the molecule is Cc1cccc(-c2nc(CN)c(Br)n2C)c1. The molecule has 0 aliphatic heterocycles. The predicted octanol–water partition coefficient (Wildman–Crippen LogP) is 2.62. The average Bonchev–Trinajstić information content (AvgIpc) is 2.56. The van der Waals surface area contributed by atoms with Gasteiger partial charge in [0, 0.05) is 19.2 Å². The van der Waals surface area contributed by atoms with Crippen LogP contribution < -0.4 is 5.73 Å². The largest absolute Gasteiger partial charge is 0.325 e. The molecule has 2 N–H and O–H groups in total. The minimum Gasteiger partial charge on any atom is -0.325 e. The zero-order valence-corrected chi connectivity index (χ0v) is 11.0. The third-order valence-electron chi connectivity index (χ3n) is 2.56. The number of halogens is 1. The molecule has 0 unspecified atom stereocenters. The van der Waals surface area contributed by atoms with Gasteiger partial charge in [-0.3, -0.25) is 0 Å². The van der Waals surface area contributed by atoms with Crippen molar-refractivity contribution in [3.63, 3.8) is 0 Å². The molecular formula is C12H14BrN3. The minimum absolute atomic E-state index is 0.445. The quantitative estimate of drug-likeness (QED) is 0.919. The molecule has 1 heterocycles. The summed E-state index contributed by atoms with van der Waals surface area (Å²) in [4.78, 5) is 4.53. The molecule has 0 spiro atoms. The molecule has 0 saturated carbocycles. The van der Waals surface area contributed by atoms with Crippen LogP contribution in [0.2, 0.25) is 0 Å². The van der Waals surface area contributed by atoms with Crippen LogP contribution in [0.5, 0.6) is 0 Å². The minimum atomic E-state index is 0.445. The first kappa shape index (κ1) is 11.4. The van der Waals surface area contributed by atoms with Gasteiger partial charge in [0.15, 0.2) is 0 Å². The molecule has 3 nitrogen and oxygen atoms in total. The third kappa shape index (κ3) is 1.90. The van der Waals surface area contributed by atoms with Gasteiger partial charge in [-0.15, -0.1) is 0 Å². The Balaban J connectivity index is 2.56. The molecule has 0 amide bonds. The Labute approximate surface area is 103 Å². The van der Waals surface area contributed by atoms with E-state index in [-0.39, 0.29) is 0 Å². The maximum Gasteiger partial charge on any atom is 0.140 e. The van der Waals surface area contributed by atoms with Crippen molar-refractivity contribution >= 4 is 15.9 Å². The van der Waals surface area contributed by atoms with Crippen LogP contribution in [-0.2, 0) is 13.6 Å². The van der Waals surface area contributed by atoms with E-state index in [1.807, 2.05) is 17.7 Å². The van der Waals surface area contributed by atoms with Crippen LogP contribution >= 0.6 is 15.9 Å². The lowest BCUT2D eigenvalue weighted by molar-refractivity contribution is 0.893. The highest BCUT2D eigenvalue weighted by Crippen LogP contribution is 2.25. The molecule has 0 aliphatic rings. The Morgan fingerprint density at radius 2 is 2.19 bits per heavy atom. The second-order valence-corrected chi connectivity index (χ2v) is 4.56. The van der Waals surface area contributed by atoms with E-state index >= 15 is 0 Å². The lowest BCUT2D eigenvalue weighted by atomic mass is 10.1. The van der Waals surface area contributed by atoms with Crippen molar-refractivity contribution in [1.29, 1.82) is 0 Å². The van der Waals surface area contributed by atoms with Crippen molar-refractivity contribution < 1.29 is 0 Å². The molecule has 0 bridgehead atoms. The fourth-order valence-electron chi connectivity index (χ4n) is 1.71. The smallest absolute Gasteiger partial charge is 0.140 e. The van der Waals surface area contributed by atoms with Gasteiger partial charge < -0.3 is 10.3 Å². The zero-order chi connectivity index (χ0) is 11.7. The third-order valence-corrected chi connectivity index (χ3v) is 3.55. The predicted molar refractivity (Wildman–Crippen MR) is 69.0 cm³/mol. The van der Waals surface area contributed by atoms with Crippen LogP contribution in [0.4, 0.5) is 0 Å². The number of benzene rings is 1. The Hall–Kier alpha value is -1.13. The van der Waals surface area contributed by atoms with Crippen molar-refractivity contribution in [2.75, 3.05) is 0 Å². The van der Waals surface area contributed by atoms with Crippen molar-refractivity contribution in [3.05, 3.63) is 40.1 Å². The summed E-state index contributed by atoms with van der Waals surface area (Å²) in [5.74, 6) is 0.941. The summed E-state index contributed by atoms with van der Waals surface area (Å²) in [5.41, 5.74) is 8.86. The van der Waals surface area contributed by atoms with Crippen molar-refractivity contribution in [3.8, 4) is 11.4 Å². The fourth-order valence-corrected chi connectivity index (χ4v) is 2.13. The number of aromatic nitrogens is 2. The second-order valence-electron chi connectivity index (χ2n) is 3.81. The first-order valence-corrected chi connectivity index (χ1v) is 5.91. The summed E-state index contributed by atoms with van der Waals surface area (Å²) in [6, 6.07) is 8.29. The number of imidazole rings is 1. The summed E-state index contributed by atoms with van der Waals surface area (Å²) in [5, 5.41) is 0. The standard InChI is InChI=1S/C12H14BrN3/c1-8-4-3-5-9(6-8)12-15-10(7-14)11(13)16(12)2/h3-6H,7,14H2,1-2H3. The highest BCUT2D eigenvalue weighted by atomic mass is 79.9. The second kappa shape index (κ2) is 4.39. The number of hydrogen-bond donors (Lipinski definition) is 1. The summed E-state index contributed by atoms with van der Waals surface area (Å²) < 4.78 is 2.96. The van der Waals surface area contributed by atoms with Crippen molar-refractivity contribution in [1.82, 2.24) is 9.55 Å². The molecule has 1 aromatic carbocycles. The van der Waals surface area contributed by atoms with Gasteiger partial charge >= 0.3 is 0 Å². The molecule has 4 heteroatoms. The summed E-state index contributed by atoms with van der Waals surface area (Å²) in [6.45, 7) is 2.52. The van der Waals surface area contributed by atoms with E-state index in [1.54, 1.807) is 0 Å². The molecule has 84 valence electrons. The normalized spacial score (nSPS) is 10.8. The van der Waals surface area contributed by atoms with E-state index in [0.29, 0.717) is 6.54 Å². The summed E-state index contributed by atoms with van der Waals surface area (Å²) in [7, 11) is 1.98. The van der Waals surface area contributed by atoms with E-state index in [0.717, 1.165) is 21.7 Å². The van der Waals surface area contributed by atoms with Gasteiger partial charge in [-0.2, -0.15) is 0 Å². The van der Waals surface area contributed by atoms with Crippen LogP contribution in [-0.4, -0.2) is 9.55 Å². The van der Waals surface area contributed by atoms with Gasteiger partial charge in [0.05, 0.1) is 5.69 Å². The van der Waals surface area contributed by atoms with Crippen LogP contribution in [0.25, 0.3) is 11.4 Å². The molecule has 0 fully saturated rings. The van der Waals surface area contributed by atoms with E-state index in [9.17, 15) is 0 Å². The molecule has 0 radical (unpaired) electrons. The van der Waals surface area contributed by atoms with E-state index in [4.69, 9.17) is 5.73 Å². The van der Waals surface area contributed by atoms with Crippen LogP contribution in [0.15, 0.2) is 28.9 Å². The van der Waals surface area contributed by atoms with Crippen LogP contribution in [0, 0.1) is 6.92 Å². The molecule has 0 aliphatic carbocycles. The Bertz CT molecular complexity index is 517. The van der Waals surface area contributed by atoms with Gasteiger partial charge in [0.25, 0.3) is 0 Å². The summed E-state index contributed by atoms with van der Waals surface area (Å²) >= 11 is 3.50. The highest BCUT2D eigenvalue weighted by Gasteiger charge is 2.12. The van der Waals surface area contributed by atoms with Crippen molar-refractivity contribution in [2.24, 2.45) is 12.8 Å². The first-order chi connectivity index (χ1) is 7.63. The number of nitrogens with zero attached hydrogens (tertiary/aromatic N) is 2. The Kier molecular flexibility index (Phi) is 3.12. The van der Waals surface area contributed by atoms with Crippen LogP contribution in [0.3, 0.4) is 0 Å². The lowest BCUT2D eigenvalue weighted by Gasteiger charge is -2.03. The van der Waals surface area contributed by atoms with E-state index < -0.39 is 0 Å². The van der Waals surface area contributed by atoms with Crippen LogP contribution in [0.1, 0.15) is 11.3 Å². The van der Waals surface area contributed by atoms with Gasteiger partial charge in [0.1, 0.15) is 10.4 Å². The van der Waals surface area contributed by atoms with E-state index in [1.165, 1.54) is 5.56 Å². The number of hydrogen-bond acceptors (Lipinski definition) is 2. The van der Waals surface area contributed by atoms with Crippen molar-refractivity contribution in [2.45, 2.75) is 13.5 Å². The van der Waals surface area contributed by atoms with E-state index in [2.05, 4.69) is 46.0 Å². The number of nitrogens with two attached hydrogens (primary N) is 1. The van der Waals surface area contributed by atoms with Gasteiger partial charge in [-0.1, -0.05) is 23.8 Å². The zero-order valence-electron chi connectivity index (χ0n) is 9.37. The number of rotatable bonds is 2. The Morgan fingerprint density at radius 3 is 2.75 bits per heavy atom. The molecule has 2 aromatic rings. The fraction of sp³-hybridized carbons (Fsp3) is 0.250. The first-order valence-electron chi connectivity index (χ1n) is 5.11. The lowest BCUT2D eigenvalue weighted by Crippen LogP contribution is -1.97. The molecule has 0 atom stereocenters. The maximum atomic E-state index is 5.64. The molecule has 16 heavy (non-hydrogen) atoms. The Morgan fingerprint density at radius 1 is 1.44 bits per heavy atom. The van der Waals surface area contributed by atoms with Gasteiger partial charge in [-0.05, 0) is 28.9 Å². The number of aryl methyl sites for hydroxylation is 1. The van der Waals surface area contributed by atoms with Gasteiger partial charge in [0.2, 0.25) is 0 Å². The summed E-state index contributed by atoms with van der Waals surface area (Å²) in [6.07, 6.45) is 0.